The lowest BCUT2D eigenvalue weighted by molar-refractivity contribution is -0.0390. The van der Waals surface area contributed by atoms with Gasteiger partial charge in [-0.25, -0.2) is 0 Å². The number of nitrogens with zero attached hydrogens (tertiary/aromatic N) is 1. The first-order valence-electron chi connectivity index (χ1n) is 11.1. The van der Waals surface area contributed by atoms with Gasteiger partial charge in [0.1, 0.15) is 0 Å². The molecule has 0 unspecified atom stereocenters. The molecule has 0 spiro atoms. The van der Waals surface area contributed by atoms with Gasteiger partial charge in [0.15, 0.2) is 5.96 Å². The van der Waals surface area contributed by atoms with Gasteiger partial charge >= 0.3 is 0 Å². The van der Waals surface area contributed by atoms with Gasteiger partial charge in [0.05, 0.1) is 12.7 Å². The van der Waals surface area contributed by atoms with E-state index in [1.54, 1.807) is 7.05 Å². The van der Waals surface area contributed by atoms with Crippen molar-refractivity contribution in [3.05, 3.63) is 71.4 Å². The van der Waals surface area contributed by atoms with Crippen LogP contribution in [0.25, 0.3) is 10.9 Å². The standard InChI is InChI=1S/C25H32N4O2.HI/c1-26-25(27-13-10-21-17-28-24-5-3-2-4-23(21)24)29-16-19-6-8-20(9-7-19)18-31-22-11-14-30-15-12-22;/h2-9,17,22,28H,10-16,18H2,1H3,(H2,26,27,29);1H. The van der Waals surface area contributed by atoms with E-state index in [4.69, 9.17) is 9.47 Å². The summed E-state index contributed by atoms with van der Waals surface area (Å²) in [7, 11) is 1.80. The highest BCUT2D eigenvalue weighted by Crippen LogP contribution is 2.17. The smallest absolute Gasteiger partial charge is 0.191 e. The second-order valence-electron chi connectivity index (χ2n) is 7.90. The third-order valence-electron chi connectivity index (χ3n) is 5.72. The van der Waals surface area contributed by atoms with Crippen LogP contribution in [0.3, 0.4) is 0 Å². The van der Waals surface area contributed by atoms with Gasteiger partial charge in [0.25, 0.3) is 0 Å². The molecule has 6 nitrogen and oxygen atoms in total. The van der Waals surface area contributed by atoms with Gasteiger partial charge in [0.2, 0.25) is 0 Å². The predicted molar refractivity (Wildman–Crippen MR) is 141 cm³/mol. The number of guanidine groups is 1. The first kappa shape index (κ1) is 24.5. The molecule has 0 amide bonds. The van der Waals surface area contributed by atoms with E-state index in [-0.39, 0.29) is 24.0 Å². The number of aromatic nitrogens is 1. The van der Waals surface area contributed by atoms with Crippen molar-refractivity contribution in [2.45, 2.75) is 38.5 Å². The first-order chi connectivity index (χ1) is 15.3. The maximum absolute atomic E-state index is 6.00. The monoisotopic (exact) mass is 548 g/mol. The summed E-state index contributed by atoms with van der Waals surface area (Å²) in [6, 6.07) is 17.0. The topological polar surface area (TPSA) is 70.7 Å². The fourth-order valence-electron chi connectivity index (χ4n) is 3.87. The highest BCUT2D eigenvalue weighted by molar-refractivity contribution is 14.0. The third-order valence-corrected chi connectivity index (χ3v) is 5.72. The number of para-hydroxylation sites is 1. The predicted octanol–water partition coefficient (Wildman–Crippen LogP) is 4.39. The van der Waals surface area contributed by atoms with Crippen molar-refractivity contribution in [3.8, 4) is 0 Å². The molecule has 1 aliphatic heterocycles. The minimum Gasteiger partial charge on any atom is -0.381 e. The molecule has 1 aromatic heterocycles. The van der Waals surface area contributed by atoms with Crippen molar-refractivity contribution in [1.29, 1.82) is 0 Å². The summed E-state index contributed by atoms with van der Waals surface area (Å²) >= 11 is 0. The summed E-state index contributed by atoms with van der Waals surface area (Å²) in [6.45, 7) is 3.84. The van der Waals surface area contributed by atoms with Crippen molar-refractivity contribution in [1.82, 2.24) is 15.6 Å². The Morgan fingerprint density at radius 3 is 2.59 bits per heavy atom. The number of ether oxygens (including phenoxy) is 2. The zero-order chi connectivity index (χ0) is 21.3. The van der Waals surface area contributed by atoms with Gasteiger partial charge < -0.3 is 25.1 Å². The summed E-state index contributed by atoms with van der Waals surface area (Å²) in [5, 5.41) is 8.08. The lowest BCUT2D eigenvalue weighted by atomic mass is 10.1. The molecule has 7 heteroatoms. The number of hydrogen-bond acceptors (Lipinski definition) is 3. The van der Waals surface area contributed by atoms with E-state index in [2.05, 4.69) is 75.3 Å². The largest absolute Gasteiger partial charge is 0.381 e. The second kappa shape index (κ2) is 12.8. The molecule has 3 aromatic rings. The average Bonchev–Trinajstić information content (AvgIpc) is 3.24. The average molecular weight is 548 g/mol. The lowest BCUT2D eigenvalue weighted by Crippen LogP contribution is -2.37. The molecule has 1 fully saturated rings. The Balaban J connectivity index is 0.00000289. The number of hydrogen-bond donors (Lipinski definition) is 3. The molecule has 0 aliphatic carbocycles. The summed E-state index contributed by atoms with van der Waals surface area (Å²) < 4.78 is 11.4. The van der Waals surface area contributed by atoms with E-state index in [0.717, 1.165) is 51.5 Å². The van der Waals surface area contributed by atoms with Crippen LogP contribution in [0.15, 0.2) is 59.7 Å². The number of fused-ring (bicyclic) bond motifs is 1. The quantitative estimate of drug-likeness (QED) is 0.222. The zero-order valence-electron chi connectivity index (χ0n) is 18.6. The molecule has 2 heterocycles. The van der Waals surface area contributed by atoms with Crippen LogP contribution in [-0.4, -0.2) is 43.9 Å². The number of H-pyrrole nitrogens is 1. The van der Waals surface area contributed by atoms with Gasteiger partial charge in [-0.15, -0.1) is 24.0 Å². The number of nitrogens with one attached hydrogen (secondary N) is 3. The Morgan fingerprint density at radius 2 is 1.81 bits per heavy atom. The fraction of sp³-hybridized carbons (Fsp3) is 0.400. The van der Waals surface area contributed by atoms with Crippen molar-refractivity contribution >= 4 is 40.8 Å². The normalized spacial score (nSPS) is 14.8. The Bertz CT molecular complexity index is 981. The van der Waals surface area contributed by atoms with E-state index in [1.165, 1.54) is 27.6 Å². The van der Waals surface area contributed by atoms with E-state index in [9.17, 15) is 0 Å². The van der Waals surface area contributed by atoms with E-state index >= 15 is 0 Å². The van der Waals surface area contributed by atoms with E-state index < -0.39 is 0 Å². The molecular weight excluding hydrogens is 515 g/mol. The molecule has 3 N–H and O–H groups in total. The molecule has 2 aromatic carbocycles. The lowest BCUT2D eigenvalue weighted by Gasteiger charge is -2.22. The molecule has 0 bridgehead atoms. The van der Waals surface area contributed by atoms with E-state index in [1.807, 2.05) is 0 Å². The first-order valence-corrected chi connectivity index (χ1v) is 11.1. The Hall–Kier alpha value is -2.10. The molecular formula is C25H33IN4O2. The van der Waals surface area contributed by atoms with Crippen molar-refractivity contribution in [2.24, 2.45) is 4.99 Å². The van der Waals surface area contributed by atoms with Crippen LogP contribution in [0.4, 0.5) is 0 Å². The maximum Gasteiger partial charge on any atom is 0.191 e. The molecule has 1 aliphatic rings. The van der Waals surface area contributed by atoms with Crippen LogP contribution in [0.2, 0.25) is 0 Å². The third kappa shape index (κ3) is 6.95. The zero-order valence-corrected chi connectivity index (χ0v) is 20.9. The molecule has 0 radical (unpaired) electrons. The van der Waals surface area contributed by atoms with Gasteiger partial charge in [-0.1, -0.05) is 42.5 Å². The minimum absolute atomic E-state index is 0. The van der Waals surface area contributed by atoms with Crippen molar-refractivity contribution < 1.29 is 9.47 Å². The highest BCUT2D eigenvalue weighted by atomic mass is 127. The summed E-state index contributed by atoms with van der Waals surface area (Å²) in [5.41, 5.74) is 4.92. The molecule has 1 saturated heterocycles. The van der Waals surface area contributed by atoms with Gasteiger partial charge in [0, 0.05) is 50.5 Å². The van der Waals surface area contributed by atoms with Crippen LogP contribution in [0.5, 0.6) is 0 Å². The highest BCUT2D eigenvalue weighted by Gasteiger charge is 2.13. The van der Waals surface area contributed by atoms with Gasteiger partial charge in [-0.3, -0.25) is 4.99 Å². The van der Waals surface area contributed by atoms with Crippen LogP contribution in [-0.2, 0) is 29.0 Å². The number of aliphatic imine (C=N–C) groups is 1. The fourth-order valence-corrected chi connectivity index (χ4v) is 3.87. The molecule has 0 atom stereocenters. The van der Waals surface area contributed by atoms with Crippen LogP contribution in [0, 0.1) is 0 Å². The maximum atomic E-state index is 6.00. The molecule has 172 valence electrons. The van der Waals surface area contributed by atoms with Gasteiger partial charge in [-0.2, -0.15) is 0 Å². The van der Waals surface area contributed by atoms with Crippen molar-refractivity contribution in [2.75, 3.05) is 26.8 Å². The number of aromatic amines is 1. The minimum atomic E-state index is 0. The second-order valence-corrected chi connectivity index (χ2v) is 7.90. The molecule has 4 rings (SSSR count). The summed E-state index contributed by atoms with van der Waals surface area (Å²) in [5.74, 6) is 0.812. The molecule has 0 saturated carbocycles. The number of halogens is 1. The number of benzene rings is 2. The van der Waals surface area contributed by atoms with Crippen molar-refractivity contribution in [3.63, 3.8) is 0 Å². The SMILES string of the molecule is CN=C(NCCc1c[nH]c2ccccc12)NCc1ccc(COC2CCOCC2)cc1.I. The Labute approximate surface area is 207 Å². The Morgan fingerprint density at radius 1 is 1.06 bits per heavy atom. The van der Waals surface area contributed by atoms with Crippen LogP contribution >= 0.6 is 24.0 Å². The summed E-state index contributed by atoms with van der Waals surface area (Å²) in [4.78, 5) is 7.67. The van der Waals surface area contributed by atoms with Crippen LogP contribution in [0.1, 0.15) is 29.5 Å². The molecule has 32 heavy (non-hydrogen) atoms. The van der Waals surface area contributed by atoms with Gasteiger partial charge in [-0.05, 0) is 42.0 Å². The number of rotatable bonds is 8. The van der Waals surface area contributed by atoms with E-state index in [0.29, 0.717) is 12.7 Å². The Kier molecular flexibility index (Phi) is 9.83. The van der Waals surface area contributed by atoms with Crippen LogP contribution < -0.4 is 10.6 Å². The summed E-state index contributed by atoms with van der Waals surface area (Å²) in [6.07, 6.45) is 5.35.